The Bertz CT molecular complexity index is 946. The Hall–Kier alpha value is -2.23. The van der Waals surface area contributed by atoms with E-state index >= 15 is 0 Å². The molecule has 2 rings (SSSR count). The number of rotatable bonds is 10. The highest BCUT2D eigenvalue weighted by molar-refractivity contribution is 7.24. The van der Waals surface area contributed by atoms with Gasteiger partial charge in [-0.25, -0.2) is 9.87 Å². The number of benzene rings is 1. The summed E-state index contributed by atoms with van der Waals surface area (Å²) in [7, 11) is 0.767. The lowest BCUT2D eigenvalue weighted by molar-refractivity contribution is -0.205. The van der Waals surface area contributed by atoms with Crippen molar-refractivity contribution < 1.29 is 29.2 Å². The van der Waals surface area contributed by atoms with Crippen LogP contribution in [0.5, 0.6) is 0 Å². The summed E-state index contributed by atoms with van der Waals surface area (Å²) in [6.07, 6.45) is 0.277. The molecule has 0 saturated carbocycles. The predicted octanol–water partition coefficient (Wildman–Crippen LogP) is 0.660. The van der Waals surface area contributed by atoms with Gasteiger partial charge in [0.05, 0.1) is 23.7 Å². The third-order valence-corrected chi connectivity index (χ3v) is 4.71. The highest BCUT2D eigenvalue weighted by atomic mass is 31.1. The first-order valence-corrected chi connectivity index (χ1v) is 9.83. The molecule has 1 heterocycles. The third-order valence-electron chi connectivity index (χ3n) is 4.51. The molecule has 1 aromatic carbocycles. The molecule has 0 bridgehead atoms. The zero-order chi connectivity index (χ0) is 21.4. The van der Waals surface area contributed by atoms with Crippen molar-refractivity contribution in [2.75, 3.05) is 13.7 Å². The van der Waals surface area contributed by atoms with E-state index in [1.54, 1.807) is 0 Å². The average molecular weight is 424 g/mol. The van der Waals surface area contributed by atoms with Gasteiger partial charge in [-0.2, -0.15) is 4.67 Å². The van der Waals surface area contributed by atoms with Crippen molar-refractivity contribution in [1.29, 1.82) is 0 Å². The number of aliphatic hydroxyl groups excluding tert-OH is 1. The van der Waals surface area contributed by atoms with E-state index in [4.69, 9.17) is 9.78 Å². The summed E-state index contributed by atoms with van der Waals surface area (Å²) in [5, 5.41) is 12.3. The number of fused-ring (bicyclic) bond motifs is 1. The normalized spacial score (nSPS) is 13.3. The minimum Gasteiger partial charge on any atom is -0.393 e. The van der Waals surface area contributed by atoms with Crippen LogP contribution < -0.4 is 10.8 Å². The first-order valence-electron chi connectivity index (χ1n) is 8.97. The van der Waals surface area contributed by atoms with Gasteiger partial charge < -0.3 is 14.6 Å². The minimum absolute atomic E-state index is 0.0329. The Morgan fingerprint density at radius 3 is 2.76 bits per heavy atom. The van der Waals surface area contributed by atoms with E-state index in [-0.39, 0.29) is 12.3 Å². The van der Waals surface area contributed by atoms with Crippen LogP contribution in [-0.2, 0) is 20.9 Å². The summed E-state index contributed by atoms with van der Waals surface area (Å²) >= 11 is 0. The average Bonchev–Trinajstić information content (AvgIpc) is 2.70. The number of carbonyl (C=O) groups is 2. The van der Waals surface area contributed by atoms with Crippen molar-refractivity contribution >= 4 is 32.4 Å². The predicted molar refractivity (Wildman–Crippen MR) is 107 cm³/mol. The minimum atomic E-state index is -0.770. The number of hydrogen-bond acceptors (Lipinski definition) is 8. The van der Waals surface area contributed by atoms with Gasteiger partial charge >= 0.3 is 0 Å². The monoisotopic (exact) mass is 424 g/mol. The summed E-state index contributed by atoms with van der Waals surface area (Å²) in [5.74, 6) is -0.648. The molecule has 2 amide bonds. The number of aromatic nitrogens is 2. The Morgan fingerprint density at radius 2 is 2.10 bits per heavy atom. The van der Waals surface area contributed by atoms with E-state index in [2.05, 4.69) is 20.0 Å². The van der Waals surface area contributed by atoms with Gasteiger partial charge in [0, 0.05) is 13.6 Å². The lowest BCUT2D eigenvalue weighted by Crippen LogP contribution is -2.35. The molecule has 2 aromatic rings. The number of nitrogens with zero attached hydrogens (tertiary/aromatic N) is 3. The largest absolute Gasteiger partial charge is 0.393 e. The van der Waals surface area contributed by atoms with Crippen molar-refractivity contribution in [3.05, 3.63) is 34.4 Å². The van der Waals surface area contributed by atoms with Gasteiger partial charge in [0.25, 0.3) is 5.91 Å². The first-order chi connectivity index (χ1) is 13.9. The second-order valence-electron chi connectivity index (χ2n) is 6.40. The van der Waals surface area contributed by atoms with Crippen LogP contribution in [0, 0.1) is 13.8 Å². The van der Waals surface area contributed by atoms with Gasteiger partial charge in [0.15, 0.2) is 20.2 Å². The summed E-state index contributed by atoms with van der Waals surface area (Å²) in [6.45, 7) is 4.41. The first kappa shape index (κ1) is 23.1. The van der Waals surface area contributed by atoms with Gasteiger partial charge in [-0.1, -0.05) is 0 Å². The highest BCUT2D eigenvalue weighted by Crippen LogP contribution is 2.18. The summed E-state index contributed by atoms with van der Waals surface area (Å²) in [6, 6.07) is 3.83. The van der Waals surface area contributed by atoms with Crippen LogP contribution in [0.25, 0.3) is 11.0 Å². The highest BCUT2D eigenvalue weighted by Gasteiger charge is 2.17. The fourth-order valence-electron chi connectivity index (χ4n) is 2.91. The van der Waals surface area contributed by atoms with Crippen LogP contribution >= 0.6 is 9.03 Å². The Morgan fingerprint density at radius 1 is 1.38 bits per heavy atom. The number of imide groups is 1. The molecule has 0 aliphatic rings. The maximum atomic E-state index is 12.3. The molecule has 29 heavy (non-hydrogen) atoms. The van der Waals surface area contributed by atoms with Gasteiger partial charge in [0.1, 0.15) is 0 Å². The lowest BCUT2D eigenvalue weighted by atomic mass is 10.1. The number of hydrogen-bond donors (Lipinski definition) is 3. The molecule has 0 aliphatic carbocycles. The van der Waals surface area contributed by atoms with Crippen LogP contribution in [0.4, 0.5) is 0 Å². The molecule has 0 fully saturated rings. The van der Waals surface area contributed by atoms with E-state index in [1.807, 2.05) is 30.5 Å². The Balaban J connectivity index is 2.43. The molecule has 1 aromatic heterocycles. The molecule has 0 spiro atoms. The van der Waals surface area contributed by atoms with Gasteiger partial charge in [-0.15, -0.1) is 0 Å². The summed E-state index contributed by atoms with van der Waals surface area (Å²) in [5.41, 5.74) is 3.77. The van der Waals surface area contributed by atoms with Crippen molar-refractivity contribution in [3.63, 3.8) is 0 Å². The van der Waals surface area contributed by atoms with E-state index in [1.165, 1.54) is 7.05 Å². The molecule has 158 valence electrons. The number of aryl methyl sites for hydroxylation is 3. The van der Waals surface area contributed by atoms with Crippen molar-refractivity contribution in [1.82, 2.24) is 14.9 Å². The number of carbonyl (C=O) groups excluding carboxylic acids is 2. The second-order valence-corrected chi connectivity index (χ2v) is 6.75. The van der Waals surface area contributed by atoms with Crippen LogP contribution in [-0.4, -0.2) is 51.6 Å². The van der Waals surface area contributed by atoms with Gasteiger partial charge in [-0.3, -0.25) is 19.9 Å². The van der Waals surface area contributed by atoms with E-state index < -0.39 is 21.0 Å². The van der Waals surface area contributed by atoms with Gasteiger partial charge in [-0.05, 0) is 49.9 Å². The number of aliphatic hydroxyl groups is 1. The summed E-state index contributed by atoms with van der Waals surface area (Å²) < 4.78 is 6.21. The van der Waals surface area contributed by atoms with E-state index in [9.17, 15) is 14.7 Å². The SMILES string of the molecule is C/N=c1\c(C(=O)NC=O)nc2cc(C)c(C)cc2n1CCC(O)CCOOPO. The zero-order valence-corrected chi connectivity index (χ0v) is 17.5. The van der Waals surface area contributed by atoms with Crippen LogP contribution in [0.1, 0.15) is 34.5 Å². The lowest BCUT2D eigenvalue weighted by Gasteiger charge is -2.17. The van der Waals surface area contributed by atoms with Crippen LogP contribution in [0.15, 0.2) is 17.1 Å². The maximum absolute atomic E-state index is 12.3. The molecule has 10 nitrogen and oxygen atoms in total. The molecule has 3 N–H and O–H groups in total. The van der Waals surface area contributed by atoms with Crippen LogP contribution in [0.2, 0.25) is 0 Å². The van der Waals surface area contributed by atoms with Crippen LogP contribution in [0.3, 0.4) is 0 Å². The zero-order valence-electron chi connectivity index (χ0n) is 16.5. The molecule has 2 unspecified atom stereocenters. The van der Waals surface area contributed by atoms with E-state index in [0.29, 0.717) is 36.8 Å². The number of nitrogens with one attached hydrogen (secondary N) is 1. The van der Waals surface area contributed by atoms with Crippen molar-refractivity contribution in [3.8, 4) is 0 Å². The molecule has 11 heteroatoms. The van der Waals surface area contributed by atoms with Crippen molar-refractivity contribution in [2.24, 2.45) is 4.99 Å². The van der Waals surface area contributed by atoms with Gasteiger partial charge in [0.2, 0.25) is 6.41 Å². The Kier molecular flexibility index (Phi) is 8.81. The fraction of sp³-hybridized carbons (Fsp3) is 0.444. The second kappa shape index (κ2) is 11.1. The molecular weight excluding hydrogens is 399 g/mol. The molecular formula is C18H25N4O6P. The van der Waals surface area contributed by atoms with E-state index in [0.717, 1.165) is 16.6 Å². The maximum Gasteiger partial charge on any atom is 0.280 e. The molecule has 0 saturated heterocycles. The molecule has 2 atom stereocenters. The molecule has 0 aliphatic heterocycles. The third kappa shape index (κ3) is 5.88. The number of amides is 2. The smallest absolute Gasteiger partial charge is 0.280 e. The van der Waals surface area contributed by atoms with Crippen molar-refractivity contribution in [2.45, 2.75) is 39.3 Å². The topological polar surface area (TPSA) is 135 Å². The quantitative estimate of drug-likeness (QED) is 0.168. The summed E-state index contributed by atoms with van der Waals surface area (Å²) in [4.78, 5) is 44.9. The Labute approximate surface area is 169 Å². The molecule has 0 radical (unpaired) electrons. The standard InChI is InChI=1S/C18H25N4O6P/c1-11-8-14-15(9-12(11)2)22(6-4-13(24)5-7-27-28-29-26)17(19-3)16(21-14)18(25)20-10-23/h8-10,13,24,26,29H,4-7H2,1-3H3,(H,20,23,25)/b19-17+. The fourth-order valence-corrected chi connectivity index (χ4v) is 3.04.